The van der Waals surface area contributed by atoms with Crippen molar-refractivity contribution in [3.8, 4) is 11.5 Å². The summed E-state index contributed by atoms with van der Waals surface area (Å²) in [5.74, 6) is 2.62. The maximum atomic E-state index is 7.47. The molecule has 44 heavy (non-hydrogen) atoms. The summed E-state index contributed by atoms with van der Waals surface area (Å²) >= 11 is 0. The van der Waals surface area contributed by atoms with Crippen LogP contribution >= 0.6 is 0 Å². The molecule has 0 heterocycles. The van der Waals surface area contributed by atoms with Gasteiger partial charge >= 0.3 is 25.8 Å². The van der Waals surface area contributed by atoms with E-state index < -0.39 is 24.7 Å². The van der Waals surface area contributed by atoms with Crippen LogP contribution in [0.3, 0.4) is 0 Å². The van der Waals surface area contributed by atoms with Gasteiger partial charge in [-0.3, -0.25) is 0 Å². The molecule has 2 aromatic rings. The van der Waals surface area contributed by atoms with E-state index in [1.54, 1.807) is 32.6 Å². The van der Waals surface area contributed by atoms with Crippen LogP contribution in [0.5, 0.6) is 11.5 Å². The third-order valence-electron chi connectivity index (χ3n) is 11.8. The van der Waals surface area contributed by atoms with Crippen molar-refractivity contribution in [2.24, 2.45) is 0 Å². The molecule has 0 fully saturated rings. The largest absolute Gasteiger partial charge is 4.00 e. The molecule has 4 rings (SSSR count). The number of fused-ring (bicyclic) bond motifs is 2. The summed E-state index contributed by atoms with van der Waals surface area (Å²) in [5, 5.41) is 3.57. The molecule has 0 radical (unpaired) electrons. The molecule has 2 aromatic carbocycles. The molecule has 248 valence electrons. The van der Waals surface area contributed by atoms with Crippen molar-refractivity contribution in [2.75, 3.05) is 0 Å². The van der Waals surface area contributed by atoms with Gasteiger partial charge in [-0.05, 0) is 49.1 Å². The van der Waals surface area contributed by atoms with Gasteiger partial charge in [0.05, 0.1) is 8.07 Å². The normalized spacial score (nSPS) is 15.7. The van der Waals surface area contributed by atoms with Crippen LogP contribution in [0.15, 0.2) is 12.1 Å². The van der Waals surface area contributed by atoms with Gasteiger partial charge in [-0.2, -0.15) is 34.4 Å². The molecule has 0 aromatic heterocycles. The van der Waals surface area contributed by atoms with E-state index in [0.717, 1.165) is 0 Å². The Labute approximate surface area is 306 Å². The maximum Gasteiger partial charge on any atom is 4.00 e. The third kappa shape index (κ3) is 8.16. The van der Waals surface area contributed by atoms with Crippen molar-refractivity contribution in [1.82, 2.24) is 0 Å². The van der Waals surface area contributed by atoms with Crippen LogP contribution in [0.1, 0.15) is 115 Å². The number of aryl methyl sites for hydroxylation is 2. The number of hydrogen-bond acceptors (Lipinski definition) is 2. The standard InChI is InChI=1S/C36H62O2Si3.2ClH.Hf/c1-13-23-35(3,4)40(9,10)37-33-29-21-17-15-19-27(29)25-31(33)39(7,8)32-26-28-20-16-18-22-30(28)34(32)38-41(11,12)36(5,6)24-14-2;;;/h25-26H,13-24H2,1-12H3;2*1H;/q-2;;;+4/p-2. The molecular weight excluding hydrogens is 798 g/mol. The number of hydrogen-bond donors (Lipinski definition) is 0. The smallest absolute Gasteiger partial charge is 1.00 e. The van der Waals surface area contributed by atoms with Crippen LogP contribution in [-0.2, 0) is 51.5 Å². The summed E-state index contributed by atoms with van der Waals surface area (Å²) in [4.78, 5) is 0. The molecule has 0 N–H and O–H groups in total. The zero-order valence-corrected chi connectivity index (χ0v) is 38.3. The minimum Gasteiger partial charge on any atom is -1.00 e. The van der Waals surface area contributed by atoms with Crippen molar-refractivity contribution in [3.63, 3.8) is 0 Å². The first-order chi connectivity index (χ1) is 19.0. The molecule has 8 heteroatoms. The van der Waals surface area contributed by atoms with Crippen LogP contribution in [0.4, 0.5) is 0 Å². The Morgan fingerprint density at radius 3 is 1.23 bits per heavy atom. The zero-order valence-electron chi connectivity index (χ0n) is 30.2. The number of halogens is 2. The molecule has 0 amide bonds. The number of rotatable bonds is 12. The zero-order chi connectivity index (χ0) is 30.4. The molecule has 2 aliphatic carbocycles. The Hall–Kier alpha value is 0.401. The fraction of sp³-hybridized carbons (Fsp3) is 0.722. The minimum absolute atomic E-state index is 0. The van der Waals surface area contributed by atoms with Gasteiger partial charge in [-0.15, -0.1) is 10.4 Å². The van der Waals surface area contributed by atoms with Gasteiger partial charge in [0.2, 0.25) is 16.6 Å². The average molecular weight is 861 g/mol. The second-order valence-corrected chi connectivity index (χ2v) is 29.8. The van der Waals surface area contributed by atoms with Gasteiger partial charge in [0.1, 0.15) is 0 Å². The van der Waals surface area contributed by atoms with Crippen molar-refractivity contribution in [1.29, 1.82) is 0 Å². The third-order valence-corrected chi connectivity index (χ3v) is 23.7. The molecule has 0 aliphatic heterocycles. The Morgan fingerprint density at radius 1 is 0.591 bits per heavy atom. The maximum absolute atomic E-state index is 7.47. The summed E-state index contributed by atoms with van der Waals surface area (Å²) in [5.41, 5.74) is 6.27. The topological polar surface area (TPSA) is 18.5 Å². The van der Waals surface area contributed by atoms with Gasteiger partial charge in [-0.25, -0.2) is 0 Å². The predicted molar refractivity (Wildman–Crippen MR) is 188 cm³/mol. The van der Waals surface area contributed by atoms with Crippen LogP contribution in [0, 0.1) is 0 Å². The molecule has 2 aliphatic rings. The van der Waals surface area contributed by atoms with E-state index in [1.165, 1.54) is 88.5 Å². The predicted octanol–water partition coefficient (Wildman–Crippen LogP) is 4.04. The summed E-state index contributed by atoms with van der Waals surface area (Å²) < 4.78 is 14.9. The Balaban J connectivity index is 0.00000323. The van der Waals surface area contributed by atoms with Crippen molar-refractivity contribution < 1.29 is 59.5 Å². The molecule has 0 bridgehead atoms. The van der Waals surface area contributed by atoms with Crippen LogP contribution in [-0.4, -0.2) is 24.7 Å². The van der Waals surface area contributed by atoms with Gasteiger partial charge in [0.15, 0.2) is 0 Å². The van der Waals surface area contributed by atoms with E-state index in [4.69, 9.17) is 8.85 Å². The Kier molecular flexibility index (Phi) is 15.2. The first-order valence-corrected chi connectivity index (χ1v) is 25.8. The van der Waals surface area contributed by atoms with Crippen molar-refractivity contribution in [2.45, 2.75) is 168 Å². The minimum atomic E-state index is -2.14. The second kappa shape index (κ2) is 15.7. The molecular formula is C36H62Cl2HfO2Si3. The first-order valence-electron chi connectivity index (χ1n) is 17.0. The van der Waals surface area contributed by atoms with Gasteiger partial charge < -0.3 is 33.7 Å². The Bertz CT molecular complexity index is 1130. The van der Waals surface area contributed by atoms with Crippen molar-refractivity contribution >= 4 is 35.1 Å². The average Bonchev–Trinajstić information content (AvgIpc) is 3.43. The van der Waals surface area contributed by atoms with E-state index in [0.29, 0.717) is 0 Å². The fourth-order valence-corrected chi connectivity index (χ4v) is 14.3. The summed E-state index contributed by atoms with van der Waals surface area (Å²) in [6.07, 6.45) is 14.9. The van der Waals surface area contributed by atoms with E-state index >= 15 is 0 Å². The molecule has 0 spiro atoms. The molecule has 0 atom stereocenters. The summed E-state index contributed by atoms with van der Waals surface area (Å²) in [7, 11) is -6.18. The van der Waals surface area contributed by atoms with Gasteiger partial charge in [0, 0.05) is 0 Å². The van der Waals surface area contributed by atoms with E-state index in [-0.39, 0.29) is 60.7 Å². The molecule has 0 saturated carbocycles. The fourth-order valence-electron chi connectivity index (χ4n) is 7.44. The van der Waals surface area contributed by atoms with Gasteiger partial charge in [-0.1, -0.05) is 130 Å². The molecule has 0 unspecified atom stereocenters. The monoisotopic (exact) mass is 860 g/mol. The second-order valence-electron chi connectivity index (χ2n) is 16.3. The van der Waals surface area contributed by atoms with E-state index in [9.17, 15) is 0 Å². The Morgan fingerprint density at radius 2 is 0.909 bits per heavy atom. The summed E-state index contributed by atoms with van der Waals surface area (Å²) in [6, 6.07) is 5.24. The first kappa shape index (κ1) is 42.4. The SMILES string of the molecule is CCCC(C)(C)[Si](C)(C)Oc1c([Si](C)(C)c2[cH-]c3c(c2O[Si](C)(C)C(C)(C)CCC)CCCC3)[cH-]c2c1CCCC2.[Cl-].[Cl-].[Hf+4]. The van der Waals surface area contributed by atoms with Gasteiger partial charge in [0.25, 0.3) is 0 Å². The molecule has 0 saturated heterocycles. The van der Waals surface area contributed by atoms with Crippen molar-refractivity contribution in [3.05, 3.63) is 34.4 Å². The van der Waals surface area contributed by atoms with E-state index in [2.05, 4.69) is 93.0 Å². The van der Waals surface area contributed by atoms with Crippen LogP contribution in [0.2, 0.25) is 49.4 Å². The summed E-state index contributed by atoms with van der Waals surface area (Å²) in [6.45, 7) is 29.6. The quantitative estimate of drug-likeness (QED) is 0.238. The van der Waals surface area contributed by atoms with Crippen LogP contribution in [0.25, 0.3) is 0 Å². The molecule has 2 nitrogen and oxygen atoms in total. The van der Waals surface area contributed by atoms with Crippen LogP contribution < -0.4 is 44.0 Å². The van der Waals surface area contributed by atoms with E-state index in [1.807, 2.05) is 0 Å².